The van der Waals surface area contributed by atoms with Crippen molar-refractivity contribution in [1.82, 2.24) is 5.32 Å². The standard InChI is InChI=1S/C9H21N/c1-4-9(2)7-5-6-8-10-3/h9-10H,4-8H2,1-3H3/t9-/m1/s1. The quantitative estimate of drug-likeness (QED) is 0.563. The SMILES string of the molecule is CC[C@@H](C)CCCCNC. The maximum absolute atomic E-state index is 3.16. The molecule has 0 bridgehead atoms. The van der Waals surface area contributed by atoms with E-state index in [-0.39, 0.29) is 0 Å². The predicted octanol–water partition coefficient (Wildman–Crippen LogP) is 2.42. The number of rotatable bonds is 6. The molecule has 1 nitrogen and oxygen atoms in total. The first-order valence-electron chi connectivity index (χ1n) is 4.45. The minimum absolute atomic E-state index is 0.928. The van der Waals surface area contributed by atoms with Crippen molar-refractivity contribution in [3.8, 4) is 0 Å². The molecule has 0 heterocycles. The summed E-state index contributed by atoms with van der Waals surface area (Å²) >= 11 is 0. The fourth-order valence-electron chi connectivity index (χ4n) is 0.999. The van der Waals surface area contributed by atoms with E-state index in [2.05, 4.69) is 19.2 Å². The molecule has 0 unspecified atom stereocenters. The van der Waals surface area contributed by atoms with Gasteiger partial charge in [0.05, 0.1) is 0 Å². The third-order valence-corrected chi connectivity index (χ3v) is 2.07. The van der Waals surface area contributed by atoms with E-state index in [0.29, 0.717) is 0 Å². The zero-order valence-electron chi connectivity index (χ0n) is 7.61. The van der Waals surface area contributed by atoms with E-state index in [1.54, 1.807) is 0 Å². The molecule has 0 radical (unpaired) electrons. The lowest BCUT2D eigenvalue weighted by Crippen LogP contribution is -2.07. The molecular weight excluding hydrogens is 122 g/mol. The summed E-state index contributed by atoms with van der Waals surface area (Å²) in [6.07, 6.45) is 5.45. The van der Waals surface area contributed by atoms with Gasteiger partial charge in [-0.05, 0) is 25.9 Å². The van der Waals surface area contributed by atoms with Gasteiger partial charge in [-0.3, -0.25) is 0 Å². The van der Waals surface area contributed by atoms with Crippen LogP contribution < -0.4 is 5.32 Å². The summed E-state index contributed by atoms with van der Waals surface area (Å²) in [5, 5.41) is 3.16. The molecule has 0 saturated heterocycles. The second-order valence-electron chi connectivity index (χ2n) is 3.11. The van der Waals surface area contributed by atoms with E-state index in [1.807, 2.05) is 7.05 Å². The van der Waals surface area contributed by atoms with Gasteiger partial charge in [0.1, 0.15) is 0 Å². The molecule has 1 N–H and O–H groups in total. The van der Waals surface area contributed by atoms with E-state index in [1.165, 1.54) is 32.2 Å². The Morgan fingerprint density at radius 1 is 1.30 bits per heavy atom. The van der Waals surface area contributed by atoms with Crippen molar-refractivity contribution in [1.29, 1.82) is 0 Å². The van der Waals surface area contributed by atoms with Gasteiger partial charge in [0.15, 0.2) is 0 Å². The van der Waals surface area contributed by atoms with Gasteiger partial charge in [0.25, 0.3) is 0 Å². The van der Waals surface area contributed by atoms with Crippen molar-refractivity contribution in [3.63, 3.8) is 0 Å². The molecule has 62 valence electrons. The maximum atomic E-state index is 3.16. The Labute approximate surface area is 65.2 Å². The fourth-order valence-corrected chi connectivity index (χ4v) is 0.999. The van der Waals surface area contributed by atoms with Gasteiger partial charge in [0, 0.05) is 0 Å². The van der Waals surface area contributed by atoms with Crippen molar-refractivity contribution in [3.05, 3.63) is 0 Å². The van der Waals surface area contributed by atoms with Gasteiger partial charge in [0.2, 0.25) is 0 Å². The molecule has 1 atom stereocenters. The van der Waals surface area contributed by atoms with Crippen molar-refractivity contribution in [2.45, 2.75) is 39.5 Å². The van der Waals surface area contributed by atoms with Crippen LogP contribution in [-0.4, -0.2) is 13.6 Å². The van der Waals surface area contributed by atoms with Gasteiger partial charge in [-0.1, -0.05) is 33.1 Å². The van der Waals surface area contributed by atoms with E-state index < -0.39 is 0 Å². The van der Waals surface area contributed by atoms with Crippen LogP contribution in [0.25, 0.3) is 0 Å². The number of nitrogens with one attached hydrogen (secondary N) is 1. The van der Waals surface area contributed by atoms with Gasteiger partial charge in [-0.15, -0.1) is 0 Å². The minimum atomic E-state index is 0.928. The Kier molecular flexibility index (Phi) is 7.04. The Balaban J connectivity index is 2.89. The minimum Gasteiger partial charge on any atom is -0.320 e. The highest BCUT2D eigenvalue weighted by molar-refractivity contribution is 4.51. The van der Waals surface area contributed by atoms with Crippen molar-refractivity contribution in [2.75, 3.05) is 13.6 Å². The normalized spacial score (nSPS) is 13.5. The summed E-state index contributed by atoms with van der Waals surface area (Å²) in [6, 6.07) is 0. The summed E-state index contributed by atoms with van der Waals surface area (Å²) in [7, 11) is 2.02. The van der Waals surface area contributed by atoms with Gasteiger partial charge in [-0.2, -0.15) is 0 Å². The third-order valence-electron chi connectivity index (χ3n) is 2.07. The fraction of sp³-hybridized carbons (Fsp3) is 1.00. The molecule has 0 amide bonds. The molecule has 0 aromatic heterocycles. The Morgan fingerprint density at radius 2 is 2.00 bits per heavy atom. The summed E-state index contributed by atoms with van der Waals surface area (Å²) in [4.78, 5) is 0. The molecule has 0 spiro atoms. The predicted molar refractivity (Wildman–Crippen MR) is 47.2 cm³/mol. The first kappa shape index (κ1) is 9.96. The summed E-state index contributed by atoms with van der Waals surface area (Å²) in [5.74, 6) is 0.928. The molecule has 0 aliphatic carbocycles. The Hall–Kier alpha value is -0.0400. The lowest BCUT2D eigenvalue weighted by molar-refractivity contribution is 0.481. The molecule has 0 rings (SSSR count). The van der Waals surface area contributed by atoms with E-state index in [0.717, 1.165) is 5.92 Å². The molecule has 0 aliphatic heterocycles. The average molecular weight is 143 g/mol. The lowest BCUT2D eigenvalue weighted by atomic mass is 10.0. The first-order chi connectivity index (χ1) is 4.81. The molecule has 0 aliphatic rings. The van der Waals surface area contributed by atoms with Crippen LogP contribution in [0, 0.1) is 5.92 Å². The van der Waals surface area contributed by atoms with Crippen LogP contribution in [0.2, 0.25) is 0 Å². The summed E-state index contributed by atoms with van der Waals surface area (Å²) < 4.78 is 0. The number of unbranched alkanes of at least 4 members (excludes halogenated alkanes) is 1. The monoisotopic (exact) mass is 143 g/mol. The third kappa shape index (κ3) is 6.09. The lowest BCUT2D eigenvalue weighted by Gasteiger charge is -2.06. The Bertz CT molecular complexity index is 61.7. The second kappa shape index (κ2) is 7.07. The maximum Gasteiger partial charge on any atom is -0.00519 e. The van der Waals surface area contributed by atoms with Crippen LogP contribution >= 0.6 is 0 Å². The molecule has 0 aromatic rings. The van der Waals surface area contributed by atoms with Gasteiger partial charge < -0.3 is 5.32 Å². The highest BCUT2D eigenvalue weighted by Crippen LogP contribution is 2.09. The molecule has 0 aromatic carbocycles. The molecule has 10 heavy (non-hydrogen) atoms. The van der Waals surface area contributed by atoms with Crippen LogP contribution in [-0.2, 0) is 0 Å². The summed E-state index contributed by atoms with van der Waals surface area (Å²) in [5.41, 5.74) is 0. The van der Waals surface area contributed by atoms with Crippen LogP contribution in [0.15, 0.2) is 0 Å². The molecular formula is C9H21N. The molecule has 0 fully saturated rings. The zero-order chi connectivity index (χ0) is 7.82. The van der Waals surface area contributed by atoms with Crippen LogP contribution in [0.4, 0.5) is 0 Å². The topological polar surface area (TPSA) is 12.0 Å². The largest absolute Gasteiger partial charge is 0.320 e. The smallest absolute Gasteiger partial charge is 0.00519 e. The van der Waals surface area contributed by atoms with E-state index >= 15 is 0 Å². The van der Waals surface area contributed by atoms with Crippen molar-refractivity contribution >= 4 is 0 Å². The first-order valence-corrected chi connectivity index (χ1v) is 4.45. The average Bonchev–Trinajstić information content (AvgIpc) is 1.98. The van der Waals surface area contributed by atoms with Crippen molar-refractivity contribution in [2.24, 2.45) is 5.92 Å². The van der Waals surface area contributed by atoms with Crippen LogP contribution in [0.3, 0.4) is 0 Å². The van der Waals surface area contributed by atoms with Gasteiger partial charge in [-0.25, -0.2) is 0 Å². The number of hydrogen-bond donors (Lipinski definition) is 1. The highest BCUT2D eigenvalue weighted by Gasteiger charge is 1.96. The van der Waals surface area contributed by atoms with Crippen LogP contribution in [0.1, 0.15) is 39.5 Å². The summed E-state index contributed by atoms with van der Waals surface area (Å²) in [6.45, 7) is 5.78. The highest BCUT2D eigenvalue weighted by atomic mass is 14.8. The second-order valence-corrected chi connectivity index (χ2v) is 3.11. The zero-order valence-corrected chi connectivity index (χ0v) is 7.61. The number of hydrogen-bond acceptors (Lipinski definition) is 1. The van der Waals surface area contributed by atoms with E-state index in [4.69, 9.17) is 0 Å². The molecule has 0 saturated carbocycles. The Morgan fingerprint density at radius 3 is 2.50 bits per heavy atom. The van der Waals surface area contributed by atoms with Crippen LogP contribution in [0.5, 0.6) is 0 Å². The van der Waals surface area contributed by atoms with Crippen molar-refractivity contribution < 1.29 is 0 Å². The molecule has 1 heteroatoms. The van der Waals surface area contributed by atoms with Gasteiger partial charge >= 0.3 is 0 Å². The van der Waals surface area contributed by atoms with E-state index in [9.17, 15) is 0 Å².